The highest BCUT2D eigenvalue weighted by molar-refractivity contribution is 5.45. The minimum Gasteiger partial charge on any atom is -0.380 e. The normalized spacial score (nSPS) is 22.5. The van der Waals surface area contributed by atoms with Crippen LogP contribution in [0.5, 0.6) is 0 Å². The number of fused-ring (bicyclic) bond motifs is 1. The van der Waals surface area contributed by atoms with Crippen molar-refractivity contribution >= 4 is 11.5 Å². The number of rotatable bonds is 2. The van der Waals surface area contributed by atoms with Gasteiger partial charge in [-0.05, 0) is 37.8 Å². The van der Waals surface area contributed by atoms with E-state index in [-0.39, 0.29) is 0 Å². The Kier molecular flexibility index (Phi) is 2.48. The van der Waals surface area contributed by atoms with Gasteiger partial charge in [-0.15, -0.1) is 5.10 Å². The molecule has 0 bridgehead atoms. The van der Waals surface area contributed by atoms with E-state index in [0.29, 0.717) is 11.5 Å². The van der Waals surface area contributed by atoms with Gasteiger partial charge < -0.3 is 10.1 Å². The summed E-state index contributed by atoms with van der Waals surface area (Å²) in [5.74, 6) is 0.731. The van der Waals surface area contributed by atoms with Gasteiger partial charge in [0.25, 0.3) is 0 Å². The Hall–Kier alpha value is -1.62. The molecule has 0 aromatic carbocycles. The van der Waals surface area contributed by atoms with Crippen molar-refractivity contribution in [3.63, 3.8) is 0 Å². The second kappa shape index (κ2) is 4.20. The summed E-state index contributed by atoms with van der Waals surface area (Å²) in [6.07, 6.45) is 8.71. The molecule has 3 heterocycles. The van der Waals surface area contributed by atoms with Crippen LogP contribution in [0.1, 0.15) is 25.7 Å². The summed E-state index contributed by atoms with van der Waals surface area (Å²) >= 11 is 0. The number of aromatic nitrogens is 3. The zero-order valence-corrected chi connectivity index (χ0v) is 10.9. The van der Waals surface area contributed by atoms with Gasteiger partial charge in [-0.25, -0.2) is 9.50 Å². The van der Waals surface area contributed by atoms with E-state index in [1.807, 2.05) is 29.0 Å². The molecular weight excluding hydrogens is 240 g/mol. The Morgan fingerprint density at radius 2 is 2.16 bits per heavy atom. The van der Waals surface area contributed by atoms with Crippen molar-refractivity contribution in [2.24, 2.45) is 5.41 Å². The van der Waals surface area contributed by atoms with Crippen molar-refractivity contribution in [1.29, 1.82) is 0 Å². The molecular formula is C14H18N4O. The third-order valence-electron chi connectivity index (χ3n) is 4.48. The fraction of sp³-hybridized carbons (Fsp3) is 0.571. The largest absolute Gasteiger partial charge is 0.380 e. The maximum absolute atomic E-state index is 5.36. The molecule has 2 aliphatic rings. The van der Waals surface area contributed by atoms with Crippen LogP contribution in [0.25, 0.3) is 5.52 Å². The van der Waals surface area contributed by atoms with E-state index < -0.39 is 0 Å². The fourth-order valence-corrected chi connectivity index (χ4v) is 3.14. The van der Waals surface area contributed by atoms with E-state index in [4.69, 9.17) is 4.74 Å². The van der Waals surface area contributed by atoms with Crippen LogP contribution < -0.4 is 5.32 Å². The molecule has 1 saturated heterocycles. The smallest absolute Gasteiger partial charge is 0.241 e. The molecule has 4 rings (SSSR count). The van der Waals surface area contributed by atoms with Gasteiger partial charge in [-0.1, -0.05) is 0 Å². The molecule has 1 aliphatic carbocycles. The molecule has 5 nitrogen and oxygen atoms in total. The third-order valence-corrected chi connectivity index (χ3v) is 4.48. The number of hydrogen-bond donors (Lipinski definition) is 1. The number of ether oxygens (including phenoxy) is 1. The molecule has 2 fully saturated rings. The van der Waals surface area contributed by atoms with Crippen LogP contribution in [0.2, 0.25) is 0 Å². The lowest BCUT2D eigenvalue weighted by Gasteiger charge is -2.46. The van der Waals surface area contributed by atoms with Gasteiger partial charge in [-0.3, -0.25) is 0 Å². The van der Waals surface area contributed by atoms with E-state index in [2.05, 4.69) is 15.4 Å². The minimum absolute atomic E-state index is 0.499. The van der Waals surface area contributed by atoms with Crippen molar-refractivity contribution < 1.29 is 4.74 Å². The Labute approximate surface area is 112 Å². The maximum atomic E-state index is 5.36. The Morgan fingerprint density at radius 1 is 1.32 bits per heavy atom. The molecule has 0 unspecified atom stereocenters. The lowest BCUT2D eigenvalue weighted by Crippen LogP contribution is -2.47. The minimum atomic E-state index is 0.499. The summed E-state index contributed by atoms with van der Waals surface area (Å²) in [5, 5.41) is 7.93. The Morgan fingerprint density at radius 3 is 2.89 bits per heavy atom. The first-order valence-corrected chi connectivity index (χ1v) is 6.98. The van der Waals surface area contributed by atoms with Gasteiger partial charge in [0.1, 0.15) is 0 Å². The van der Waals surface area contributed by atoms with Gasteiger partial charge in [0, 0.05) is 17.7 Å². The van der Waals surface area contributed by atoms with E-state index in [9.17, 15) is 0 Å². The van der Waals surface area contributed by atoms with E-state index >= 15 is 0 Å². The third kappa shape index (κ3) is 1.98. The molecule has 0 radical (unpaired) electrons. The molecule has 2 aromatic heterocycles. The van der Waals surface area contributed by atoms with Gasteiger partial charge in [-0.2, -0.15) is 0 Å². The van der Waals surface area contributed by atoms with Crippen molar-refractivity contribution in [2.45, 2.75) is 31.7 Å². The van der Waals surface area contributed by atoms with Gasteiger partial charge in [0.2, 0.25) is 5.95 Å². The van der Waals surface area contributed by atoms with Crippen molar-refractivity contribution in [2.75, 3.05) is 18.5 Å². The van der Waals surface area contributed by atoms with E-state index in [1.54, 1.807) is 0 Å². The highest BCUT2D eigenvalue weighted by Gasteiger charge is 2.41. The molecule has 19 heavy (non-hydrogen) atoms. The standard InChI is InChI=1S/C14H18N4O/c1-2-12-8-15-13(17-18(12)7-1)16-11-3-5-14(6-4-11)9-19-10-14/h1-2,7-8,11H,3-6,9-10H2,(H,16,17). The Balaban J connectivity index is 1.43. The van der Waals surface area contributed by atoms with Gasteiger partial charge in [0.15, 0.2) is 0 Å². The fourth-order valence-electron chi connectivity index (χ4n) is 3.14. The van der Waals surface area contributed by atoms with Crippen molar-refractivity contribution in [1.82, 2.24) is 14.6 Å². The second-order valence-corrected chi connectivity index (χ2v) is 5.87. The molecule has 5 heteroatoms. The van der Waals surface area contributed by atoms with Crippen LogP contribution in [0.4, 0.5) is 5.95 Å². The van der Waals surface area contributed by atoms with Crippen LogP contribution >= 0.6 is 0 Å². The first-order chi connectivity index (χ1) is 9.33. The lowest BCUT2D eigenvalue weighted by molar-refractivity contribution is -0.131. The van der Waals surface area contributed by atoms with Gasteiger partial charge >= 0.3 is 0 Å². The van der Waals surface area contributed by atoms with Crippen molar-refractivity contribution in [3.05, 3.63) is 24.5 Å². The summed E-state index contributed by atoms with van der Waals surface area (Å²) in [6.45, 7) is 1.93. The molecule has 0 amide bonds. The summed E-state index contributed by atoms with van der Waals surface area (Å²) in [6, 6.07) is 4.48. The average Bonchev–Trinajstić information content (AvgIpc) is 2.85. The predicted octanol–water partition coefficient (Wildman–Crippen LogP) is 2.10. The maximum Gasteiger partial charge on any atom is 0.241 e. The van der Waals surface area contributed by atoms with Crippen LogP contribution in [0.15, 0.2) is 24.5 Å². The first-order valence-electron chi connectivity index (χ1n) is 6.98. The summed E-state index contributed by atoms with van der Waals surface area (Å²) < 4.78 is 7.22. The zero-order chi connectivity index (χ0) is 12.7. The molecule has 1 N–H and O–H groups in total. The zero-order valence-electron chi connectivity index (χ0n) is 10.9. The topological polar surface area (TPSA) is 51.5 Å². The highest BCUT2D eigenvalue weighted by atomic mass is 16.5. The van der Waals surface area contributed by atoms with Crippen molar-refractivity contribution in [3.8, 4) is 0 Å². The Bertz CT molecular complexity index is 580. The molecule has 1 spiro atoms. The number of nitrogens with one attached hydrogen (secondary N) is 1. The summed E-state index contributed by atoms with van der Waals surface area (Å²) in [5.41, 5.74) is 1.53. The highest BCUT2D eigenvalue weighted by Crippen LogP contribution is 2.42. The van der Waals surface area contributed by atoms with E-state index in [1.165, 1.54) is 25.7 Å². The second-order valence-electron chi connectivity index (χ2n) is 5.87. The molecule has 1 saturated carbocycles. The molecule has 100 valence electrons. The number of nitrogens with zero attached hydrogens (tertiary/aromatic N) is 3. The average molecular weight is 258 g/mol. The molecule has 0 atom stereocenters. The molecule has 1 aliphatic heterocycles. The quantitative estimate of drug-likeness (QED) is 0.896. The number of hydrogen-bond acceptors (Lipinski definition) is 4. The summed E-state index contributed by atoms with van der Waals surface area (Å²) in [7, 11) is 0. The number of anilines is 1. The SMILES string of the molecule is c1cc2cnc(NC3CCC4(CC3)COC4)nn2c1. The van der Waals surface area contributed by atoms with E-state index in [0.717, 1.165) is 24.7 Å². The molecule has 2 aromatic rings. The lowest BCUT2D eigenvalue weighted by atomic mass is 9.71. The van der Waals surface area contributed by atoms with Crippen LogP contribution in [0.3, 0.4) is 0 Å². The van der Waals surface area contributed by atoms with Crippen LogP contribution in [0, 0.1) is 5.41 Å². The predicted molar refractivity (Wildman–Crippen MR) is 72.1 cm³/mol. The summed E-state index contributed by atoms with van der Waals surface area (Å²) in [4.78, 5) is 4.38. The van der Waals surface area contributed by atoms with Gasteiger partial charge in [0.05, 0.1) is 24.9 Å². The monoisotopic (exact) mass is 258 g/mol. The van der Waals surface area contributed by atoms with Crippen LogP contribution in [-0.2, 0) is 4.74 Å². The first kappa shape index (κ1) is 11.2. The van der Waals surface area contributed by atoms with Crippen LogP contribution in [-0.4, -0.2) is 33.9 Å².